The summed E-state index contributed by atoms with van der Waals surface area (Å²) >= 11 is 0. The fraction of sp³-hybridized carbons (Fsp3) is 0.308. The molecule has 0 N–H and O–H groups in total. The van der Waals surface area contributed by atoms with Crippen molar-refractivity contribution in [2.45, 2.75) is 25.6 Å². The highest BCUT2D eigenvalue weighted by Crippen LogP contribution is 2.21. The predicted octanol–water partition coefficient (Wildman–Crippen LogP) is 2.98. The summed E-state index contributed by atoms with van der Waals surface area (Å²) in [5.74, 6) is 0. The predicted molar refractivity (Wildman–Crippen MR) is 65.3 cm³/mol. The van der Waals surface area contributed by atoms with Gasteiger partial charge in [-0.3, -0.25) is 9.13 Å². The van der Waals surface area contributed by atoms with Crippen LogP contribution in [0.2, 0.25) is 0 Å². The van der Waals surface area contributed by atoms with Gasteiger partial charge in [0, 0.05) is 25.4 Å². The molecule has 1 aromatic heterocycles. The molecule has 2 rings (SSSR count). The van der Waals surface area contributed by atoms with E-state index in [-0.39, 0.29) is 18.7 Å². The van der Waals surface area contributed by atoms with E-state index in [4.69, 9.17) is 0 Å². The van der Waals surface area contributed by atoms with E-state index in [9.17, 15) is 18.0 Å². The summed E-state index contributed by atoms with van der Waals surface area (Å²) in [5, 5.41) is 0. The van der Waals surface area contributed by atoms with Crippen molar-refractivity contribution in [2.75, 3.05) is 0 Å². The Hall–Kier alpha value is -1.98. The minimum Gasteiger partial charge on any atom is -0.299 e. The third-order valence-electron chi connectivity index (χ3n) is 2.74. The molecule has 2 aromatic rings. The zero-order chi connectivity index (χ0) is 13.9. The third kappa shape index (κ3) is 3.49. The first-order valence-electron chi connectivity index (χ1n) is 5.87. The van der Waals surface area contributed by atoms with Crippen molar-refractivity contribution in [1.29, 1.82) is 0 Å². The van der Waals surface area contributed by atoms with Crippen LogP contribution in [0.3, 0.4) is 0 Å². The average Bonchev–Trinajstić information content (AvgIpc) is 2.71. The third-order valence-corrected chi connectivity index (χ3v) is 2.74. The van der Waals surface area contributed by atoms with Crippen LogP contribution in [-0.2, 0) is 6.54 Å². The molecule has 0 aliphatic carbocycles. The minimum atomic E-state index is -4.17. The molecule has 102 valence electrons. The highest BCUT2D eigenvalue weighted by atomic mass is 19.4. The molecule has 0 saturated carbocycles. The lowest BCUT2D eigenvalue weighted by Crippen LogP contribution is -2.23. The maximum atomic E-state index is 12.0. The van der Waals surface area contributed by atoms with E-state index < -0.39 is 12.6 Å². The van der Waals surface area contributed by atoms with Crippen molar-refractivity contribution in [1.82, 2.24) is 9.13 Å². The molecule has 1 aromatic carbocycles. The van der Waals surface area contributed by atoms with Gasteiger partial charge in [0.15, 0.2) is 0 Å². The van der Waals surface area contributed by atoms with Gasteiger partial charge in [0.2, 0.25) is 0 Å². The number of aryl methyl sites for hydroxylation is 1. The molecule has 0 unspecified atom stereocenters. The molecule has 0 aliphatic heterocycles. The Bertz CT molecular complexity index is 584. The monoisotopic (exact) mass is 270 g/mol. The van der Waals surface area contributed by atoms with Crippen molar-refractivity contribution in [3.63, 3.8) is 0 Å². The van der Waals surface area contributed by atoms with Gasteiger partial charge < -0.3 is 0 Å². The Labute approximate surface area is 107 Å². The highest BCUT2D eigenvalue weighted by molar-refractivity contribution is 5.30. The molecular weight excluding hydrogens is 257 g/mol. The van der Waals surface area contributed by atoms with E-state index in [1.54, 1.807) is 30.5 Å². The second-order valence-electron chi connectivity index (χ2n) is 4.20. The first kappa shape index (κ1) is 13.5. The number of aromatic nitrogens is 2. The second-order valence-corrected chi connectivity index (χ2v) is 4.20. The molecule has 0 spiro atoms. The van der Waals surface area contributed by atoms with Crippen LogP contribution >= 0.6 is 0 Å². The van der Waals surface area contributed by atoms with Gasteiger partial charge in [-0.25, -0.2) is 4.79 Å². The van der Waals surface area contributed by atoms with Crippen molar-refractivity contribution < 1.29 is 13.2 Å². The van der Waals surface area contributed by atoms with Gasteiger partial charge in [0.25, 0.3) is 0 Å². The van der Waals surface area contributed by atoms with E-state index in [0.717, 1.165) is 0 Å². The standard InChI is InChI=1S/C13H13F3N2O/c14-13(15,16)7-4-8-17-9-10-18(12(17)19)11-5-2-1-3-6-11/h1-3,5-6,9-10H,4,7-8H2. The fourth-order valence-corrected chi connectivity index (χ4v) is 1.82. The average molecular weight is 270 g/mol. The summed E-state index contributed by atoms with van der Waals surface area (Å²) in [6.07, 6.45) is -2.08. The molecular formula is C13H13F3N2O. The summed E-state index contributed by atoms with van der Waals surface area (Å²) in [5.41, 5.74) is 0.371. The van der Waals surface area contributed by atoms with Crippen molar-refractivity contribution in [2.24, 2.45) is 0 Å². The van der Waals surface area contributed by atoms with Crippen LogP contribution in [0.4, 0.5) is 13.2 Å². The topological polar surface area (TPSA) is 26.9 Å². The van der Waals surface area contributed by atoms with E-state index >= 15 is 0 Å². The largest absolute Gasteiger partial charge is 0.389 e. The molecule has 0 bridgehead atoms. The van der Waals surface area contributed by atoms with E-state index in [1.807, 2.05) is 6.07 Å². The van der Waals surface area contributed by atoms with Crippen LogP contribution in [0.25, 0.3) is 5.69 Å². The quantitative estimate of drug-likeness (QED) is 0.839. The molecule has 0 radical (unpaired) electrons. The lowest BCUT2D eigenvalue weighted by Gasteiger charge is -2.06. The molecule has 0 aliphatic rings. The summed E-state index contributed by atoms with van der Waals surface area (Å²) < 4.78 is 38.8. The SMILES string of the molecule is O=c1n(CCCC(F)(F)F)ccn1-c1ccccc1. The van der Waals surface area contributed by atoms with E-state index in [1.165, 1.54) is 15.3 Å². The number of para-hydroxylation sites is 1. The number of imidazole rings is 1. The number of halogens is 3. The summed E-state index contributed by atoms with van der Waals surface area (Å²) in [4.78, 5) is 12.0. The van der Waals surface area contributed by atoms with Crippen LogP contribution in [0.15, 0.2) is 47.5 Å². The Kier molecular flexibility index (Phi) is 3.78. The first-order valence-corrected chi connectivity index (χ1v) is 5.87. The minimum absolute atomic E-state index is 0.0676. The van der Waals surface area contributed by atoms with Gasteiger partial charge >= 0.3 is 11.9 Å². The van der Waals surface area contributed by atoms with Gasteiger partial charge in [-0.2, -0.15) is 13.2 Å². The fourth-order valence-electron chi connectivity index (χ4n) is 1.82. The number of alkyl halides is 3. The Morgan fingerprint density at radius 2 is 1.74 bits per heavy atom. The maximum Gasteiger partial charge on any atom is 0.389 e. The first-order chi connectivity index (χ1) is 8.97. The Morgan fingerprint density at radius 1 is 1.05 bits per heavy atom. The molecule has 0 amide bonds. The Morgan fingerprint density at radius 3 is 2.37 bits per heavy atom. The number of benzene rings is 1. The normalized spacial score (nSPS) is 11.7. The molecule has 1 heterocycles. The summed E-state index contributed by atoms with van der Waals surface area (Å²) in [6, 6.07) is 8.95. The van der Waals surface area contributed by atoms with Gasteiger partial charge in [-0.1, -0.05) is 18.2 Å². The van der Waals surface area contributed by atoms with Gasteiger partial charge in [0.05, 0.1) is 5.69 Å². The highest BCUT2D eigenvalue weighted by Gasteiger charge is 2.26. The van der Waals surface area contributed by atoms with Crippen LogP contribution in [0.5, 0.6) is 0 Å². The molecule has 0 saturated heterocycles. The second kappa shape index (κ2) is 5.34. The number of rotatable bonds is 4. The van der Waals surface area contributed by atoms with Crippen LogP contribution in [0.1, 0.15) is 12.8 Å². The van der Waals surface area contributed by atoms with Crippen molar-refractivity contribution in [3.8, 4) is 5.69 Å². The molecule has 3 nitrogen and oxygen atoms in total. The van der Waals surface area contributed by atoms with Crippen LogP contribution in [0, 0.1) is 0 Å². The number of nitrogens with zero attached hydrogens (tertiary/aromatic N) is 2. The van der Waals surface area contributed by atoms with E-state index in [0.29, 0.717) is 5.69 Å². The number of hydrogen-bond donors (Lipinski definition) is 0. The van der Waals surface area contributed by atoms with Gasteiger partial charge in [0.1, 0.15) is 0 Å². The van der Waals surface area contributed by atoms with E-state index in [2.05, 4.69) is 0 Å². The summed E-state index contributed by atoms with van der Waals surface area (Å²) in [7, 11) is 0. The van der Waals surface area contributed by atoms with Crippen molar-refractivity contribution >= 4 is 0 Å². The zero-order valence-electron chi connectivity index (χ0n) is 10.1. The lowest BCUT2D eigenvalue weighted by atomic mass is 10.3. The maximum absolute atomic E-state index is 12.0. The molecule has 0 fully saturated rings. The van der Waals surface area contributed by atoms with Crippen LogP contribution < -0.4 is 5.69 Å². The molecule has 0 atom stereocenters. The smallest absolute Gasteiger partial charge is 0.299 e. The number of hydrogen-bond acceptors (Lipinski definition) is 1. The Balaban J connectivity index is 2.09. The van der Waals surface area contributed by atoms with Crippen LogP contribution in [-0.4, -0.2) is 15.3 Å². The molecule has 6 heteroatoms. The summed E-state index contributed by atoms with van der Waals surface area (Å²) in [6.45, 7) is 0.0676. The van der Waals surface area contributed by atoms with Gasteiger partial charge in [-0.05, 0) is 18.6 Å². The molecule has 19 heavy (non-hydrogen) atoms. The zero-order valence-corrected chi connectivity index (χ0v) is 10.1. The van der Waals surface area contributed by atoms with Crippen molar-refractivity contribution in [3.05, 3.63) is 53.2 Å². The van der Waals surface area contributed by atoms with Gasteiger partial charge in [-0.15, -0.1) is 0 Å². The lowest BCUT2D eigenvalue weighted by molar-refractivity contribution is -0.135.